The zero-order chi connectivity index (χ0) is 19.0. The molecule has 0 spiro atoms. The Morgan fingerprint density at radius 1 is 0.778 bits per heavy atom. The summed E-state index contributed by atoms with van der Waals surface area (Å²) in [5.41, 5.74) is 2.11. The number of nitrogens with zero attached hydrogens (tertiary/aromatic N) is 1. The van der Waals surface area contributed by atoms with Crippen molar-refractivity contribution in [2.24, 2.45) is 0 Å². The molecule has 0 radical (unpaired) electrons. The molecule has 1 heterocycles. The van der Waals surface area contributed by atoms with Gasteiger partial charge in [-0.1, -0.05) is 35.9 Å². The summed E-state index contributed by atoms with van der Waals surface area (Å²) in [5, 5.41) is 3.10. The molecule has 3 aromatic rings. The second-order valence-electron chi connectivity index (χ2n) is 5.97. The van der Waals surface area contributed by atoms with Crippen LogP contribution in [0.4, 0.5) is 11.4 Å². The second kappa shape index (κ2) is 6.70. The van der Waals surface area contributed by atoms with Crippen LogP contribution in [0.3, 0.4) is 0 Å². The maximum atomic E-state index is 12.5. The molecular formula is C21H13ClN2O3. The summed E-state index contributed by atoms with van der Waals surface area (Å²) in [6.07, 6.45) is 0. The Morgan fingerprint density at radius 3 is 1.93 bits per heavy atom. The summed E-state index contributed by atoms with van der Waals surface area (Å²) >= 11 is 6.03. The van der Waals surface area contributed by atoms with Crippen LogP contribution in [-0.2, 0) is 0 Å². The Kier molecular flexibility index (Phi) is 4.22. The van der Waals surface area contributed by atoms with Gasteiger partial charge in [0, 0.05) is 5.69 Å². The van der Waals surface area contributed by atoms with Crippen LogP contribution >= 0.6 is 11.6 Å². The van der Waals surface area contributed by atoms with Crippen molar-refractivity contribution in [3.63, 3.8) is 0 Å². The van der Waals surface area contributed by atoms with Crippen LogP contribution in [0.2, 0.25) is 5.02 Å². The van der Waals surface area contributed by atoms with Crippen LogP contribution in [-0.4, -0.2) is 17.7 Å². The zero-order valence-electron chi connectivity index (χ0n) is 14.0. The molecule has 1 N–H and O–H groups in total. The van der Waals surface area contributed by atoms with E-state index >= 15 is 0 Å². The predicted octanol–water partition coefficient (Wildman–Crippen LogP) is 4.39. The highest BCUT2D eigenvalue weighted by molar-refractivity contribution is 6.35. The standard InChI is InChI=1S/C21H13ClN2O3/c22-18-8-4-3-7-17(18)19(25)23-13-9-11-14(12-10-13)24-20(26)15-5-1-2-6-16(15)21(24)27/h1-12H,(H,23,25). The summed E-state index contributed by atoms with van der Waals surface area (Å²) in [6, 6.07) is 20.0. The SMILES string of the molecule is O=C(Nc1ccc(N2C(=O)c3ccccc3C2=O)cc1)c1ccccc1Cl. The number of hydrogen-bond acceptors (Lipinski definition) is 3. The van der Waals surface area contributed by atoms with Gasteiger partial charge >= 0.3 is 0 Å². The molecule has 5 nitrogen and oxygen atoms in total. The lowest BCUT2D eigenvalue weighted by Gasteiger charge is -2.14. The monoisotopic (exact) mass is 376 g/mol. The van der Waals surface area contributed by atoms with Crippen molar-refractivity contribution < 1.29 is 14.4 Å². The molecule has 0 aromatic heterocycles. The first-order valence-electron chi connectivity index (χ1n) is 8.20. The third-order valence-corrected chi connectivity index (χ3v) is 4.63. The van der Waals surface area contributed by atoms with E-state index in [2.05, 4.69) is 5.32 Å². The number of amides is 3. The highest BCUT2D eigenvalue weighted by Gasteiger charge is 2.36. The third-order valence-electron chi connectivity index (χ3n) is 4.30. The van der Waals surface area contributed by atoms with Crippen LogP contribution in [0.1, 0.15) is 31.1 Å². The number of hydrogen-bond donors (Lipinski definition) is 1. The number of benzene rings is 3. The molecule has 0 saturated carbocycles. The lowest BCUT2D eigenvalue weighted by Crippen LogP contribution is -2.29. The van der Waals surface area contributed by atoms with E-state index in [0.717, 1.165) is 4.90 Å². The molecule has 0 saturated heterocycles. The number of nitrogens with one attached hydrogen (secondary N) is 1. The Morgan fingerprint density at radius 2 is 1.33 bits per heavy atom. The number of imide groups is 1. The normalized spacial score (nSPS) is 12.9. The number of carbonyl (C=O) groups is 3. The molecular weight excluding hydrogens is 364 g/mol. The van der Waals surface area contributed by atoms with Crippen molar-refractivity contribution in [1.82, 2.24) is 0 Å². The molecule has 3 aromatic carbocycles. The van der Waals surface area contributed by atoms with E-state index in [1.54, 1.807) is 72.8 Å². The fourth-order valence-corrected chi connectivity index (χ4v) is 3.18. The van der Waals surface area contributed by atoms with Gasteiger partial charge in [-0.3, -0.25) is 14.4 Å². The van der Waals surface area contributed by atoms with Crippen LogP contribution < -0.4 is 10.2 Å². The zero-order valence-corrected chi connectivity index (χ0v) is 14.7. The van der Waals surface area contributed by atoms with Gasteiger partial charge < -0.3 is 5.32 Å². The maximum Gasteiger partial charge on any atom is 0.266 e. The minimum absolute atomic E-state index is 0.339. The Labute approximate surface area is 160 Å². The summed E-state index contributed by atoms with van der Waals surface area (Å²) in [7, 11) is 0. The molecule has 1 aliphatic rings. The number of anilines is 2. The second-order valence-corrected chi connectivity index (χ2v) is 6.38. The van der Waals surface area contributed by atoms with Crippen LogP contribution in [0.25, 0.3) is 0 Å². The smallest absolute Gasteiger partial charge is 0.266 e. The van der Waals surface area contributed by atoms with Crippen LogP contribution in [0, 0.1) is 0 Å². The first kappa shape index (κ1) is 17.0. The number of rotatable bonds is 3. The van der Waals surface area contributed by atoms with E-state index in [1.807, 2.05) is 0 Å². The van der Waals surface area contributed by atoms with Crippen molar-refractivity contribution in [3.05, 3.63) is 94.5 Å². The topological polar surface area (TPSA) is 66.5 Å². The highest BCUT2D eigenvalue weighted by Crippen LogP contribution is 2.29. The first-order valence-corrected chi connectivity index (χ1v) is 8.58. The lowest BCUT2D eigenvalue weighted by molar-refractivity contribution is 0.0924. The fourth-order valence-electron chi connectivity index (χ4n) is 2.96. The average Bonchev–Trinajstić information content (AvgIpc) is 2.94. The third kappa shape index (κ3) is 2.98. The first-order chi connectivity index (χ1) is 13.1. The Hall–Kier alpha value is -3.44. The summed E-state index contributed by atoms with van der Waals surface area (Å²) in [4.78, 5) is 38.5. The largest absolute Gasteiger partial charge is 0.322 e. The Balaban J connectivity index is 1.55. The van der Waals surface area contributed by atoms with Crippen LogP contribution in [0.5, 0.6) is 0 Å². The van der Waals surface area contributed by atoms with Crippen LogP contribution in [0.15, 0.2) is 72.8 Å². The minimum atomic E-state index is -0.358. The molecule has 0 fully saturated rings. The van der Waals surface area contributed by atoms with Gasteiger partial charge in [-0.25, -0.2) is 4.90 Å². The molecule has 0 unspecified atom stereocenters. The van der Waals surface area contributed by atoms with Gasteiger partial charge in [0.25, 0.3) is 17.7 Å². The molecule has 4 rings (SSSR count). The summed E-state index contributed by atoms with van der Waals surface area (Å²) in [5.74, 6) is -1.05. The molecule has 0 aliphatic carbocycles. The average molecular weight is 377 g/mol. The molecule has 3 amide bonds. The number of fused-ring (bicyclic) bond motifs is 1. The van der Waals surface area contributed by atoms with Gasteiger partial charge in [-0.2, -0.15) is 0 Å². The number of halogens is 1. The quantitative estimate of drug-likeness (QED) is 0.689. The van der Waals surface area contributed by atoms with E-state index in [-0.39, 0.29) is 17.7 Å². The fraction of sp³-hybridized carbons (Fsp3) is 0. The van der Waals surface area contributed by atoms with E-state index in [0.29, 0.717) is 33.1 Å². The van der Waals surface area contributed by atoms with Gasteiger partial charge in [-0.05, 0) is 48.5 Å². The summed E-state index contributed by atoms with van der Waals surface area (Å²) in [6.45, 7) is 0. The minimum Gasteiger partial charge on any atom is -0.322 e. The van der Waals surface area contributed by atoms with E-state index in [9.17, 15) is 14.4 Å². The van der Waals surface area contributed by atoms with Gasteiger partial charge in [0.15, 0.2) is 0 Å². The molecule has 27 heavy (non-hydrogen) atoms. The van der Waals surface area contributed by atoms with Crippen molar-refractivity contribution in [3.8, 4) is 0 Å². The number of carbonyl (C=O) groups excluding carboxylic acids is 3. The highest BCUT2D eigenvalue weighted by atomic mass is 35.5. The van der Waals surface area contributed by atoms with Crippen molar-refractivity contribution in [2.45, 2.75) is 0 Å². The van der Waals surface area contributed by atoms with Crippen molar-refractivity contribution >= 4 is 40.7 Å². The van der Waals surface area contributed by atoms with Gasteiger partial charge in [-0.15, -0.1) is 0 Å². The molecule has 0 bridgehead atoms. The summed E-state index contributed by atoms with van der Waals surface area (Å²) < 4.78 is 0. The van der Waals surface area contributed by atoms with E-state index in [4.69, 9.17) is 11.6 Å². The van der Waals surface area contributed by atoms with Crippen molar-refractivity contribution in [2.75, 3.05) is 10.2 Å². The molecule has 1 aliphatic heterocycles. The van der Waals surface area contributed by atoms with Gasteiger partial charge in [0.1, 0.15) is 0 Å². The van der Waals surface area contributed by atoms with Gasteiger partial charge in [0.05, 0.1) is 27.4 Å². The molecule has 0 atom stereocenters. The molecule has 6 heteroatoms. The lowest BCUT2D eigenvalue weighted by atomic mass is 10.1. The van der Waals surface area contributed by atoms with Crippen molar-refractivity contribution in [1.29, 1.82) is 0 Å². The Bertz CT molecular complexity index is 1040. The molecule has 132 valence electrons. The van der Waals surface area contributed by atoms with E-state index < -0.39 is 0 Å². The van der Waals surface area contributed by atoms with Gasteiger partial charge in [0.2, 0.25) is 0 Å². The van der Waals surface area contributed by atoms with E-state index in [1.165, 1.54) is 0 Å². The predicted molar refractivity (Wildman–Crippen MR) is 103 cm³/mol. The maximum absolute atomic E-state index is 12.5.